The van der Waals surface area contributed by atoms with E-state index in [4.69, 9.17) is 15.6 Å². The van der Waals surface area contributed by atoms with E-state index in [0.29, 0.717) is 38.1 Å². The first-order valence-corrected chi connectivity index (χ1v) is 11.9. The zero-order valence-corrected chi connectivity index (χ0v) is 19.3. The number of hydrogen-bond acceptors (Lipinski definition) is 4. The van der Waals surface area contributed by atoms with Gasteiger partial charge in [0.2, 0.25) is 5.91 Å². The van der Waals surface area contributed by atoms with Crippen LogP contribution in [0.1, 0.15) is 36.8 Å². The van der Waals surface area contributed by atoms with Crippen molar-refractivity contribution >= 4 is 12.0 Å². The molecule has 2 heterocycles. The Morgan fingerprint density at radius 2 is 1.65 bits per heavy atom. The molecule has 7 nitrogen and oxygen atoms in total. The predicted octanol–water partition coefficient (Wildman–Crippen LogP) is 3.64. The van der Waals surface area contributed by atoms with Crippen molar-refractivity contribution in [2.45, 2.75) is 50.9 Å². The van der Waals surface area contributed by atoms with Gasteiger partial charge in [0.05, 0.1) is 18.8 Å². The van der Waals surface area contributed by atoms with Crippen LogP contribution in [-0.4, -0.2) is 65.2 Å². The smallest absolute Gasteiger partial charge is 0.407 e. The third-order valence-electron chi connectivity index (χ3n) is 6.71. The SMILES string of the molecule is N[C@@H](Cc1ccc(-c2ccc(COC3CCN(C(=O)O)CC3)cc2)cc1F)C(=O)N1CCCC1. The van der Waals surface area contributed by atoms with Crippen LogP contribution >= 0.6 is 0 Å². The maximum Gasteiger partial charge on any atom is 0.407 e. The Labute approximate surface area is 199 Å². The second-order valence-corrected chi connectivity index (χ2v) is 9.13. The average Bonchev–Trinajstić information content (AvgIpc) is 3.39. The van der Waals surface area contributed by atoms with E-state index < -0.39 is 12.1 Å². The number of likely N-dealkylation sites (tertiary alicyclic amines) is 2. The zero-order chi connectivity index (χ0) is 24.1. The first-order valence-electron chi connectivity index (χ1n) is 11.9. The van der Waals surface area contributed by atoms with Crippen molar-refractivity contribution in [3.05, 3.63) is 59.4 Å². The minimum Gasteiger partial charge on any atom is -0.465 e. The van der Waals surface area contributed by atoms with Crippen molar-refractivity contribution in [2.24, 2.45) is 5.73 Å². The number of hydrogen-bond donors (Lipinski definition) is 2. The Kier molecular flexibility index (Phi) is 7.80. The molecule has 1 atom stereocenters. The van der Waals surface area contributed by atoms with Crippen LogP contribution < -0.4 is 5.73 Å². The summed E-state index contributed by atoms with van der Waals surface area (Å²) in [5.41, 5.74) is 9.17. The van der Waals surface area contributed by atoms with Crippen LogP contribution in [0.4, 0.5) is 9.18 Å². The van der Waals surface area contributed by atoms with Crippen LogP contribution in [0.25, 0.3) is 11.1 Å². The van der Waals surface area contributed by atoms with Gasteiger partial charge in [0.1, 0.15) is 5.82 Å². The molecule has 0 aromatic heterocycles. The summed E-state index contributed by atoms with van der Waals surface area (Å²) >= 11 is 0. The first-order chi connectivity index (χ1) is 16.4. The first kappa shape index (κ1) is 24.2. The summed E-state index contributed by atoms with van der Waals surface area (Å²) in [6.45, 7) is 2.92. The quantitative estimate of drug-likeness (QED) is 0.645. The Hall–Kier alpha value is -2.97. The summed E-state index contributed by atoms with van der Waals surface area (Å²) in [7, 11) is 0. The van der Waals surface area contributed by atoms with Gasteiger partial charge in [0, 0.05) is 26.2 Å². The molecule has 182 valence electrons. The molecule has 0 radical (unpaired) electrons. The fraction of sp³-hybridized carbons (Fsp3) is 0.462. The number of carboxylic acid groups (broad SMARTS) is 1. The highest BCUT2D eigenvalue weighted by Crippen LogP contribution is 2.24. The van der Waals surface area contributed by atoms with Crippen molar-refractivity contribution in [1.82, 2.24) is 9.80 Å². The van der Waals surface area contributed by atoms with E-state index in [1.807, 2.05) is 30.3 Å². The van der Waals surface area contributed by atoms with Crippen molar-refractivity contribution in [2.75, 3.05) is 26.2 Å². The summed E-state index contributed by atoms with van der Waals surface area (Å²) in [5, 5.41) is 9.03. The number of nitrogens with zero attached hydrogens (tertiary/aromatic N) is 2. The minimum atomic E-state index is -0.878. The molecule has 0 aliphatic carbocycles. The molecule has 2 saturated heterocycles. The van der Waals surface area contributed by atoms with Gasteiger partial charge in [-0.15, -0.1) is 0 Å². The van der Waals surface area contributed by atoms with Gasteiger partial charge < -0.3 is 25.4 Å². The molecule has 0 unspecified atom stereocenters. The monoisotopic (exact) mass is 469 g/mol. The fourth-order valence-electron chi connectivity index (χ4n) is 4.61. The highest BCUT2D eigenvalue weighted by atomic mass is 19.1. The average molecular weight is 470 g/mol. The lowest BCUT2D eigenvalue weighted by atomic mass is 9.99. The number of piperidine rings is 1. The predicted molar refractivity (Wildman–Crippen MR) is 127 cm³/mol. The lowest BCUT2D eigenvalue weighted by molar-refractivity contribution is -0.131. The topological polar surface area (TPSA) is 96.1 Å². The van der Waals surface area contributed by atoms with Crippen molar-refractivity contribution in [3.8, 4) is 11.1 Å². The molecule has 0 saturated carbocycles. The molecule has 2 aromatic carbocycles. The lowest BCUT2D eigenvalue weighted by Gasteiger charge is -2.29. The summed E-state index contributed by atoms with van der Waals surface area (Å²) in [6.07, 6.45) is 2.75. The van der Waals surface area contributed by atoms with Gasteiger partial charge in [-0.25, -0.2) is 9.18 Å². The fourth-order valence-corrected chi connectivity index (χ4v) is 4.61. The third-order valence-corrected chi connectivity index (χ3v) is 6.71. The number of carbonyl (C=O) groups excluding carboxylic acids is 1. The van der Waals surface area contributed by atoms with Gasteiger partial charge >= 0.3 is 6.09 Å². The van der Waals surface area contributed by atoms with Crippen molar-refractivity contribution in [1.29, 1.82) is 0 Å². The van der Waals surface area contributed by atoms with E-state index in [-0.39, 0.29) is 24.2 Å². The largest absolute Gasteiger partial charge is 0.465 e. The Morgan fingerprint density at radius 1 is 1.00 bits per heavy atom. The highest BCUT2D eigenvalue weighted by Gasteiger charge is 2.25. The zero-order valence-electron chi connectivity index (χ0n) is 19.3. The van der Waals surface area contributed by atoms with E-state index in [1.54, 1.807) is 11.0 Å². The van der Waals surface area contributed by atoms with Gasteiger partial charge in [0.15, 0.2) is 0 Å². The molecule has 8 heteroatoms. The molecule has 0 bridgehead atoms. The molecule has 3 N–H and O–H groups in total. The Bertz CT molecular complexity index is 1000. The molecule has 34 heavy (non-hydrogen) atoms. The second-order valence-electron chi connectivity index (χ2n) is 9.13. The maximum atomic E-state index is 14.8. The van der Waals surface area contributed by atoms with Crippen molar-refractivity contribution in [3.63, 3.8) is 0 Å². The summed E-state index contributed by atoms with van der Waals surface area (Å²) in [5.74, 6) is -0.464. The molecule has 2 aliphatic heterocycles. The van der Waals surface area contributed by atoms with Crippen LogP contribution in [0.15, 0.2) is 42.5 Å². The molecule has 2 amide bonds. The van der Waals surface area contributed by atoms with E-state index in [1.165, 1.54) is 11.0 Å². The van der Waals surface area contributed by atoms with Crippen LogP contribution in [0.5, 0.6) is 0 Å². The normalized spacial score (nSPS) is 17.7. The summed E-state index contributed by atoms with van der Waals surface area (Å²) in [6, 6.07) is 12.1. The number of amides is 2. The van der Waals surface area contributed by atoms with Crippen LogP contribution in [0.3, 0.4) is 0 Å². The molecule has 2 aromatic rings. The Balaban J connectivity index is 1.30. The number of ether oxygens (including phenoxy) is 1. The number of rotatable bonds is 7. The van der Waals surface area contributed by atoms with E-state index >= 15 is 0 Å². The van der Waals surface area contributed by atoms with Crippen LogP contribution in [0.2, 0.25) is 0 Å². The number of carbonyl (C=O) groups is 2. The third kappa shape index (κ3) is 5.93. The summed E-state index contributed by atoms with van der Waals surface area (Å²) < 4.78 is 20.7. The van der Waals surface area contributed by atoms with E-state index in [2.05, 4.69) is 0 Å². The van der Waals surface area contributed by atoms with E-state index in [0.717, 1.165) is 42.6 Å². The van der Waals surface area contributed by atoms with Crippen LogP contribution in [0, 0.1) is 5.82 Å². The Morgan fingerprint density at radius 3 is 2.26 bits per heavy atom. The summed E-state index contributed by atoms with van der Waals surface area (Å²) in [4.78, 5) is 26.6. The molecule has 2 aliphatic rings. The lowest BCUT2D eigenvalue weighted by Crippen LogP contribution is -2.43. The molecular weight excluding hydrogens is 437 g/mol. The van der Waals surface area contributed by atoms with Gasteiger partial charge in [-0.2, -0.15) is 0 Å². The highest BCUT2D eigenvalue weighted by molar-refractivity contribution is 5.82. The van der Waals surface area contributed by atoms with Gasteiger partial charge in [0.25, 0.3) is 0 Å². The molecule has 2 fully saturated rings. The van der Waals surface area contributed by atoms with Crippen molar-refractivity contribution < 1.29 is 23.8 Å². The molecule has 0 spiro atoms. The van der Waals surface area contributed by atoms with Gasteiger partial charge in [-0.1, -0.05) is 36.4 Å². The molecule has 4 rings (SSSR count). The maximum absolute atomic E-state index is 14.8. The van der Waals surface area contributed by atoms with E-state index in [9.17, 15) is 14.0 Å². The van der Waals surface area contributed by atoms with Gasteiger partial charge in [-0.3, -0.25) is 4.79 Å². The van der Waals surface area contributed by atoms with Crippen LogP contribution in [-0.2, 0) is 22.6 Å². The second kappa shape index (κ2) is 11.0. The minimum absolute atomic E-state index is 0.0561. The number of benzene rings is 2. The number of nitrogens with two attached hydrogens (primary N) is 1. The molecular formula is C26H32FN3O4. The van der Waals surface area contributed by atoms with Gasteiger partial charge in [-0.05, 0) is 60.4 Å². The number of halogens is 1. The standard InChI is InChI=1S/C26H32FN3O4/c27-23-15-20(7-8-21(23)16-24(28)25(31)29-11-1-2-12-29)19-5-3-18(4-6-19)17-34-22-9-13-30(14-10-22)26(32)33/h3-8,15,22,24H,1-2,9-14,16-17,28H2,(H,32,33)/t24-/m0/s1.